The van der Waals surface area contributed by atoms with Gasteiger partial charge in [0.15, 0.2) is 9.84 Å². The highest BCUT2D eigenvalue weighted by Crippen LogP contribution is 2.41. The predicted molar refractivity (Wildman–Crippen MR) is 122 cm³/mol. The second-order valence-electron chi connectivity index (χ2n) is 8.94. The van der Waals surface area contributed by atoms with Crippen LogP contribution < -0.4 is 21.3 Å². The molecular formula is C21H32N6O2S. The Hall–Kier alpha value is -2.29. The van der Waals surface area contributed by atoms with Gasteiger partial charge in [-0.1, -0.05) is 13.3 Å². The van der Waals surface area contributed by atoms with Crippen molar-refractivity contribution < 1.29 is 8.42 Å². The number of guanidine groups is 2. The Morgan fingerprint density at radius 1 is 1.13 bits per heavy atom. The molecule has 0 radical (unpaired) electrons. The fourth-order valence-corrected chi connectivity index (χ4v) is 5.99. The number of rotatable bonds is 3. The predicted octanol–water partition coefficient (Wildman–Crippen LogP) is 2.44. The topological polar surface area (TPSA) is 117 Å². The number of hydrogen-bond donors (Lipinski definition) is 2. The molecule has 1 saturated carbocycles. The molecule has 0 amide bonds. The van der Waals surface area contributed by atoms with E-state index >= 15 is 0 Å². The zero-order valence-corrected chi connectivity index (χ0v) is 18.7. The summed E-state index contributed by atoms with van der Waals surface area (Å²) in [7, 11) is -3.37. The van der Waals surface area contributed by atoms with Crippen LogP contribution in [0.2, 0.25) is 0 Å². The lowest BCUT2D eigenvalue weighted by molar-refractivity contribution is 0.305. The summed E-state index contributed by atoms with van der Waals surface area (Å²) in [6.45, 7) is 3.89. The second kappa shape index (κ2) is 7.76. The maximum absolute atomic E-state index is 12.5. The van der Waals surface area contributed by atoms with Gasteiger partial charge in [-0.15, -0.1) is 0 Å². The largest absolute Gasteiger partial charge is 0.370 e. The summed E-state index contributed by atoms with van der Waals surface area (Å²) < 4.78 is 25.1. The van der Waals surface area contributed by atoms with E-state index in [1.807, 2.05) is 17.0 Å². The van der Waals surface area contributed by atoms with Crippen LogP contribution >= 0.6 is 0 Å². The van der Waals surface area contributed by atoms with E-state index in [1.54, 1.807) is 6.07 Å². The Kier molecular flexibility index (Phi) is 5.42. The van der Waals surface area contributed by atoms with E-state index in [-0.39, 0.29) is 5.96 Å². The van der Waals surface area contributed by atoms with Crippen molar-refractivity contribution >= 4 is 33.1 Å². The molecule has 2 heterocycles. The van der Waals surface area contributed by atoms with Gasteiger partial charge >= 0.3 is 0 Å². The van der Waals surface area contributed by atoms with Crippen LogP contribution in [0.3, 0.4) is 0 Å². The van der Waals surface area contributed by atoms with E-state index in [0.29, 0.717) is 16.8 Å². The smallest absolute Gasteiger partial charge is 0.220 e. The number of sulfone groups is 1. The number of nitrogens with zero attached hydrogens (tertiary/aromatic N) is 4. The van der Waals surface area contributed by atoms with E-state index in [2.05, 4.69) is 16.8 Å². The Balaban J connectivity index is 1.82. The quantitative estimate of drug-likeness (QED) is 0.757. The first kappa shape index (κ1) is 21.0. The Morgan fingerprint density at radius 3 is 2.53 bits per heavy atom. The number of nitrogens with two attached hydrogens (primary N) is 2. The molecule has 1 aromatic rings. The number of aliphatic imine (C=N–C) groups is 2. The first-order chi connectivity index (χ1) is 14.2. The monoisotopic (exact) mass is 432 g/mol. The van der Waals surface area contributed by atoms with E-state index in [9.17, 15) is 8.42 Å². The minimum absolute atomic E-state index is 0.212. The molecule has 8 nitrogen and oxygen atoms in total. The van der Waals surface area contributed by atoms with Gasteiger partial charge in [0, 0.05) is 25.0 Å². The lowest BCUT2D eigenvalue weighted by atomic mass is 9.87. The van der Waals surface area contributed by atoms with Gasteiger partial charge in [0.1, 0.15) is 5.66 Å². The van der Waals surface area contributed by atoms with Crippen molar-refractivity contribution in [3.63, 3.8) is 0 Å². The third-order valence-electron chi connectivity index (χ3n) is 6.45. The van der Waals surface area contributed by atoms with Gasteiger partial charge in [-0.05, 0) is 62.6 Å². The highest BCUT2D eigenvalue weighted by Gasteiger charge is 2.43. The average Bonchev–Trinajstić information content (AvgIpc) is 2.67. The summed E-state index contributed by atoms with van der Waals surface area (Å²) in [6.07, 6.45) is 8.40. The second-order valence-corrected chi connectivity index (χ2v) is 10.9. The Morgan fingerprint density at radius 2 is 1.87 bits per heavy atom. The molecule has 3 aliphatic rings. The van der Waals surface area contributed by atoms with Gasteiger partial charge in [0.2, 0.25) is 11.9 Å². The standard InChI is InChI=1S/C21H32N6O2S/c1-15-7-6-12-26(14-15)17-13-16(8-9-18(17)30(2,28)29)27-20(23)24-19(22)25-21(27)10-4-3-5-11-21/h8-9,13,15H,3-7,10-12,14H2,1-2H3,(H4,22,23,24,25). The van der Waals surface area contributed by atoms with Crippen LogP contribution in [0.5, 0.6) is 0 Å². The molecule has 1 atom stereocenters. The number of piperidine rings is 1. The van der Waals surface area contributed by atoms with E-state index in [0.717, 1.165) is 69.4 Å². The van der Waals surface area contributed by atoms with Crippen molar-refractivity contribution in [1.82, 2.24) is 0 Å². The van der Waals surface area contributed by atoms with Gasteiger partial charge in [-0.3, -0.25) is 4.90 Å². The van der Waals surface area contributed by atoms with Crippen molar-refractivity contribution in [2.75, 3.05) is 29.1 Å². The molecular weight excluding hydrogens is 400 g/mol. The maximum Gasteiger partial charge on any atom is 0.220 e. The van der Waals surface area contributed by atoms with Crippen molar-refractivity contribution in [3.05, 3.63) is 18.2 Å². The van der Waals surface area contributed by atoms with Crippen molar-refractivity contribution in [2.45, 2.75) is 62.4 Å². The molecule has 4 rings (SSSR count). The van der Waals surface area contributed by atoms with Crippen LogP contribution in [-0.4, -0.2) is 45.3 Å². The molecule has 2 fully saturated rings. The van der Waals surface area contributed by atoms with Gasteiger partial charge < -0.3 is 16.4 Å². The minimum Gasteiger partial charge on any atom is -0.370 e. The molecule has 164 valence electrons. The van der Waals surface area contributed by atoms with Crippen molar-refractivity contribution in [2.24, 2.45) is 27.4 Å². The first-order valence-corrected chi connectivity index (χ1v) is 12.7. The average molecular weight is 433 g/mol. The van der Waals surface area contributed by atoms with E-state index < -0.39 is 15.5 Å². The summed E-state index contributed by atoms with van der Waals surface area (Å²) in [5, 5.41) is 0. The summed E-state index contributed by atoms with van der Waals surface area (Å²) in [4.78, 5) is 13.5. The molecule has 30 heavy (non-hydrogen) atoms. The molecule has 0 bridgehead atoms. The van der Waals surface area contributed by atoms with E-state index in [1.165, 1.54) is 6.26 Å². The third-order valence-corrected chi connectivity index (χ3v) is 7.59. The first-order valence-electron chi connectivity index (χ1n) is 10.8. The fourth-order valence-electron chi connectivity index (χ4n) is 5.11. The molecule has 9 heteroatoms. The lowest BCUT2D eigenvalue weighted by Gasteiger charge is -2.46. The van der Waals surface area contributed by atoms with Gasteiger partial charge in [0.05, 0.1) is 10.6 Å². The van der Waals surface area contributed by atoms with Crippen LogP contribution in [0.4, 0.5) is 11.4 Å². The zero-order valence-electron chi connectivity index (χ0n) is 17.8. The minimum atomic E-state index is -3.37. The highest BCUT2D eigenvalue weighted by atomic mass is 32.2. The maximum atomic E-state index is 12.5. The summed E-state index contributed by atoms with van der Waals surface area (Å²) in [6, 6.07) is 5.47. The summed E-state index contributed by atoms with van der Waals surface area (Å²) >= 11 is 0. The van der Waals surface area contributed by atoms with E-state index in [4.69, 9.17) is 16.5 Å². The Bertz CT molecular complexity index is 981. The number of benzene rings is 1. The van der Waals surface area contributed by atoms with Gasteiger partial charge in [-0.25, -0.2) is 13.4 Å². The zero-order chi connectivity index (χ0) is 21.5. The van der Waals surface area contributed by atoms with Crippen LogP contribution in [-0.2, 0) is 9.84 Å². The number of hydrogen-bond acceptors (Lipinski definition) is 8. The van der Waals surface area contributed by atoms with Crippen LogP contribution in [0, 0.1) is 5.92 Å². The molecule has 1 aromatic carbocycles. The normalized spacial score (nSPS) is 24.5. The van der Waals surface area contributed by atoms with Gasteiger partial charge in [0.25, 0.3) is 0 Å². The third kappa shape index (κ3) is 3.87. The van der Waals surface area contributed by atoms with Crippen LogP contribution in [0.1, 0.15) is 51.9 Å². The van der Waals surface area contributed by atoms with Crippen molar-refractivity contribution in [3.8, 4) is 0 Å². The van der Waals surface area contributed by atoms with Crippen LogP contribution in [0.25, 0.3) is 0 Å². The molecule has 1 spiro atoms. The highest BCUT2D eigenvalue weighted by molar-refractivity contribution is 7.90. The van der Waals surface area contributed by atoms with Crippen LogP contribution in [0.15, 0.2) is 33.1 Å². The Labute approximate surface area is 179 Å². The fraction of sp³-hybridized carbons (Fsp3) is 0.619. The molecule has 1 saturated heterocycles. The number of anilines is 2. The molecule has 0 aromatic heterocycles. The molecule has 4 N–H and O–H groups in total. The molecule has 1 unspecified atom stereocenters. The van der Waals surface area contributed by atoms with Crippen molar-refractivity contribution in [1.29, 1.82) is 0 Å². The SMILES string of the molecule is CC1CCCN(c2cc(N3C(N)=NC(N)=NC34CCCCC4)ccc2S(C)(=O)=O)C1. The molecule has 2 aliphatic heterocycles. The lowest BCUT2D eigenvalue weighted by Crippen LogP contribution is -2.58. The molecule has 1 aliphatic carbocycles. The summed E-state index contributed by atoms with van der Waals surface area (Å²) in [5.41, 5.74) is 13.4. The van der Waals surface area contributed by atoms with Gasteiger partial charge in [-0.2, -0.15) is 4.99 Å². The summed E-state index contributed by atoms with van der Waals surface area (Å²) in [5.74, 6) is 1.04.